The third-order valence-corrected chi connectivity index (χ3v) is 7.83. The van der Waals surface area contributed by atoms with Gasteiger partial charge in [0, 0.05) is 35.0 Å². The molecule has 0 amide bonds. The van der Waals surface area contributed by atoms with E-state index >= 15 is 0 Å². The van der Waals surface area contributed by atoms with E-state index < -0.39 is 10.0 Å². The van der Waals surface area contributed by atoms with E-state index in [2.05, 4.69) is 30.2 Å². The molecule has 0 aliphatic heterocycles. The van der Waals surface area contributed by atoms with E-state index in [1.165, 1.54) is 19.0 Å². The number of sulfonamides is 1. The normalized spacial score (nSPS) is 14.4. The number of anilines is 2. The highest BCUT2D eigenvalue weighted by Gasteiger charge is 2.25. The summed E-state index contributed by atoms with van der Waals surface area (Å²) in [5.41, 5.74) is 1.10. The Kier molecular flexibility index (Phi) is 6.07. The van der Waals surface area contributed by atoms with Crippen molar-refractivity contribution in [3.63, 3.8) is 0 Å². The first-order valence-electron chi connectivity index (χ1n) is 9.41. The van der Waals surface area contributed by atoms with Gasteiger partial charge < -0.3 is 10.2 Å². The van der Waals surface area contributed by atoms with Crippen molar-refractivity contribution in [2.45, 2.75) is 23.0 Å². The third-order valence-electron chi connectivity index (χ3n) is 4.52. The highest BCUT2D eigenvalue weighted by Crippen LogP contribution is 2.40. The molecule has 9 nitrogen and oxygen atoms in total. The van der Waals surface area contributed by atoms with E-state index in [4.69, 9.17) is 11.6 Å². The molecular weight excluding hydrogens is 446 g/mol. The van der Waals surface area contributed by atoms with Gasteiger partial charge in [-0.3, -0.25) is 5.10 Å². The number of nitrogens with one attached hydrogen (secondary N) is 3. The monoisotopic (exact) mass is 473 g/mol. The van der Waals surface area contributed by atoms with Crippen LogP contribution in [0.5, 0.6) is 0 Å². The number of aromatic nitrogens is 4. The Morgan fingerprint density at radius 1 is 1.37 bits per heavy atom. The number of hydrogen-bond donors (Lipinski definition) is 3. The molecule has 30 heavy (non-hydrogen) atoms. The van der Waals surface area contributed by atoms with Crippen LogP contribution in [-0.2, 0) is 10.0 Å². The van der Waals surface area contributed by atoms with Gasteiger partial charge in [-0.05, 0) is 39.1 Å². The van der Waals surface area contributed by atoms with E-state index in [1.807, 2.05) is 25.1 Å². The molecule has 1 aliphatic carbocycles. The highest BCUT2D eigenvalue weighted by atomic mass is 35.5. The van der Waals surface area contributed by atoms with Gasteiger partial charge in [0.05, 0.1) is 11.1 Å². The number of thiophene rings is 1. The molecule has 0 spiro atoms. The van der Waals surface area contributed by atoms with Crippen molar-refractivity contribution in [2.75, 3.05) is 32.5 Å². The minimum absolute atomic E-state index is 0. The molecule has 1 aliphatic rings. The first-order chi connectivity index (χ1) is 14.3. The topological polar surface area (TPSA) is 116 Å². The molecule has 166 valence electrons. The van der Waals surface area contributed by atoms with E-state index in [0.29, 0.717) is 46.4 Å². The molecule has 3 aromatic heterocycles. The number of aromatic amines is 1. The lowest BCUT2D eigenvalue weighted by Gasteiger charge is -2.09. The minimum atomic E-state index is -3.58. The second kappa shape index (κ2) is 8.60. The van der Waals surface area contributed by atoms with Crippen molar-refractivity contribution in [3.05, 3.63) is 35.1 Å². The third kappa shape index (κ3) is 4.98. The van der Waals surface area contributed by atoms with Crippen molar-refractivity contribution >= 4 is 44.6 Å². The Morgan fingerprint density at radius 2 is 2.17 bits per heavy atom. The van der Waals surface area contributed by atoms with Gasteiger partial charge in [-0.25, -0.2) is 23.1 Å². The standard InChI is InChI=1S/C18H22ClN7O2S2.3H2/c1-26(2)8-7-21-30(27,28)16-6-5-14(29-16)18-20-10-12(19)17(23-18)22-15-9-13(24-25-15)11-3-4-11;;;/h5-6,9-11,21H,3-4,7-8H2,1-2H3,(H2,20,22,23,24,25);3*1H. The number of halogens is 1. The predicted molar refractivity (Wildman–Crippen MR) is 124 cm³/mol. The van der Waals surface area contributed by atoms with Crippen LogP contribution in [0.15, 0.2) is 28.6 Å². The summed E-state index contributed by atoms with van der Waals surface area (Å²) in [6.45, 7) is 0.947. The van der Waals surface area contributed by atoms with Crippen LogP contribution in [0.4, 0.5) is 11.6 Å². The average Bonchev–Trinajstić information content (AvgIpc) is 3.22. The lowest BCUT2D eigenvalue weighted by atomic mass is 10.3. The molecule has 0 aromatic carbocycles. The van der Waals surface area contributed by atoms with Crippen molar-refractivity contribution in [1.29, 1.82) is 0 Å². The first kappa shape index (κ1) is 21.2. The summed E-state index contributed by atoms with van der Waals surface area (Å²) in [7, 11) is 0.192. The molecule has 0 radical (unpaired) electrons. The molecule has 0 unspecified atom stereocenters. The van der Waals surface area contributed by atoms with E-state index in [-0.39, 0.29) is 8.49 Å². The fourth-order valence-electron chi connectivity index (χ4n) is 2.76. The Bertz CT molecular complexity index is 1150. The van der Waals surface area contributed by atoms with Gasteiger partial charge in [0.2, 0.25) is 10.0 Å². The fourth-order valence-corrected chi connectivity index (χ4v) is 5.21. The second-order valence-corrected chi connectivity index (χ2v) is 10.8. The lowest BCUT2D eigenvalue weighted by molar-refractivity contribution is 0.412. The summed E-state index contributed by atoms with van der Waals surface area (Å²) in [5, 5.41) is 10.7. The van der Waals surface area contributed by atoms with Crippen LogP contribution < -0.4 is 10.0 Å². The molecule has 1 saturated carbocycles. The minimum Gasteiger partial charge on any atom is -0.322 e. The van der Waals surface area contributed by atoms with Gasteiger partial charge in [-0.1, -0.05) is 11.6 Å². The molecular formula is C18H28ClN7O2S2. The maximum atomic E-state index is 12.5. The summed E-state index contributed by atoms with van der Waals surface area (Å²) in [5.74, 6) is 1.99. The molecule has 3 N–H and O–H groups in total. The average molecular weight is 474 g/mol. The Morgan fingerprint density at radius 3 is 2.90 bits per heavy atom. The maximum Gasteiger partial charge on any atom is 0.250 e. The molecule has 3 heterocycles. The van der Waals surface area contributed by atoms with Gasteiger partial charge in [-0.15, -0.1) is 11.3 Å². The van der Waals surface area contributed by atoms with Crippen LogP contribution in [0.3, 0.4) is 0 Å². The van der Waals surface area contributed by atoms with E-state index in [0.717, 1.165) is 17.0 Å². The summed E-state index contributed by atoms with van der Waals surface area (Å²) >= 11 is 7.35. The smallest absolute Gasteiger partial charge is 0.250 e. The van der Waals surface area contributed by atoms with Crippen LogP contribution in [0.1, 0.15) is 28.7 Å². The van der Waals surface area contributed by atoms with Crippen molar-refractivity contribution in [1.82, 2.24) is 29.8 Å². The van der Waals surface area contributed by atoms with Crippen molar-refractivity contribution in [3.8, 4) is 10.7 Å². The van der Waals surface area contributed by atoms with Gasteiger partial charge in [0.25, 0.3) is 0 Å². The molecule has 4 rings (SSSR count). The number of likely N-dealkylation sites (N-methyl/N-ethyl adjacent to an activating group) is 1. The van der Waals surface area contributed by atoms with E-state index in [9.17, 15) is 8.42 Å². The molecule has 0 saturated heterocycles. The summed E-state index contributed by atoms with van der Waals surface area (Å²) in [4.78, 5) is 11.3. The fraction of sp³-hybridized carbons (Fsp3) is 0.389. The highest BCUT2D eigenvalue weighted by molar-refractivity contribution is 7.91. The second-order valence-electron chi connectivity index (χ2n) is 7.32. The van der Waals surface area contributed by atoms with Crippen LogP contribution in [0, 0.1) is 0 Å². The zero-order valence-corrected chi connectivity index (χ0v) is 18.9. The molecule has 1 fully saturated rings. The van der Waals surface area contributed by atoms with Crippen molar-refractivity contribution < 1.29 is 12.7 Å². The Labute approximate surface area is 188 Å². The van der Waals surface area contributed by atoms with Crippen molar-refractivity contribution in [2.24, 2.45) is 0 Å². The van der Waals surface area contributed by atoms with Crippen LogP contribution >= 0.6 is 22.9 Å². The zero-order valence-electron chi connectivity index (χ0n) is 16.5. The largest absolute Gasteiger partial charge is 0.322 e. The number of nitrogens with zero attached hydrogens (tertiary/aromatic N) is 4. The van der Waals surface area contributed by atoms with Gasteiger partial charge in [0.15, 0.2) is 17.5 Å². The predicted octanol–water partition coefficient (Wildman–Crippen LogP) is 3.78. The molecule has 3 aromatic rings. The first-order valence-corrected chi connectivity index (χ1v) is 12.1. The SMILES string of the molecule is CN(C)CCNS(=O)(=O)c1ccc(-c2ncc(Cl)c(Nc3cc(C4CC4)[nH]n3)n2)s1.[HH].[HH].[HH]. The van der Waals surface area contributed by atoms with Gasteiger partial charge in [0.1, 0.15) is 9.23 Å². The summed E-state index contributed by atoms with van der Waals surface area (Å²) < 4.78 is 27.8. The van der Waals surface area contributed by atoms with Crippen LogP contribution in [0.2, 0.25) is 5.02 Å². The molecule has 0 atom stereocenters. The van der Waals surface area contributed by atoms with Gasteiger partial charge in [-0.2, -0.15) is 5.10 Å². The van der Waals surface area contributed by atoms with Gasteiger partial charge >= 0.3 is 0 Å². The number of H-pyrrole nitrogens is 1. The van der Waals surface area contributed by atoms with Crippen LogP contribution in [-0.4, -0.2) is 60.7 Å². The number of rotatable bonds is 9. The Hall–Kier alpha value is -2.05. The quantitative estimate of drug-likeness (QED) is 0.433. The maximum absolute atomic E-state index is 12.5. The molecule has 12 heteroatoms. The lowest BCUT2D eigenvalue weighted by Crippen LogP contribution is -2.30. The zero-order chi connectivity index (χ0) is 21.3. The van der Waals surface area contributed by atoms with Crippen LogP contribution in [0.25, 0.3) is 10.7 Å². The molecule has 0 bridgehead atoms. The summed E-state index contributed by atoms with van der Waals surface area (Å²) in [6.07, 6.45) is 3.84. The number of hydrogen-bond acceptors (Lipinski definition) is 8. The Balaban J connectivity index is 0.00000181. The summed E-state index contributed by atoms with van der Waals surface area (Å²) in [6, 6.07) is 5.20. The van der Waals surface area contributed by atoms with E-state index in [1.54, 1.807) is 12.1 Å².